The fraction of sp³-hybridized carbons (Fsp3) is 0.391. The maximum Gasteiger partial charge on any atom is 0.261 e. The molecule has 2 rings (SSSR count). The maximum atomic E-state index is 13.1. The zero-order valence-corrected chi connectivity index (χ0v) is 19.0. The number of nitrogens with one attached hydrogen (secondary N) is 1. The van der Waals surface area contributed by atoms with Crippen molar-refractivity contribution in [3.63, 3.8) is 0 Å². The van der Waals surface area contributed by atoms with Crippen molar-refractivity contribution >= 4 is 35.0 Å². The summed E-state index contributed by atoms with van der Waals surface area (Å²) in [4.78, 5) is 27.5. The molecule has 2 aromatic rings. The molecule has 0 heterocycles. The number of amides is 2. The average Bonchev–Trinajstić information content (AvgIpc) is 2.74. The first kappa shape index (κ1) is 24.0. The Kier molecular flexibility index (Phi) is 9.47. The monoisotopic (exact) mass is 450 g/mol. The lowest BCUT2D eigenvalue weighted by Crippen LogP contribution is -2.51. The van der Waals surface area contributed by atoms with E-state index in [-0.39, 0.29) is 31.0 Å². The molecule has 0 saturated carbocycles. The fourth-order valence-electron chi connectivity index (χ4n) is 2.94. The van der Waals surface area contributed by atoms with Gasteiger partial charge in [0.1, 0.15) is 11.8 Å². The number of hydrogen-bond acceptors (Lipinski definition) is 3. The lowest BCUT2D eigenvalue weighted by Gasteiger charge is -2.31. The van der Waals surface area contributed by atoms with Gasteiger partial charge in [-0.15, -0.1) is 0 Å². The topological polar surface area (TPSA) is 58.6 Å². The van der Waals surface area contributed by atoms with Gasteiger partial charge in [0.05, 0.1) is 0 Å². The number of carbonyl (C=O) groups is 2. The van der Waals surface area contributed by atoms with Crippen LogP contribution in [0.25, 0.3) is 0 Å². The first-order valence-corrected chi connectivity index (χ1v) is 10.8. The van der Waals surface area contributed by atoms with E-state index in [1.807, 2.05) is 39.0 Å². The van der Waals surface area contributed by atoms with E-state index in [0.29, 0.717) is 27.8 Å². The number of nitrogens with zero attached hydrogens (tertiary/aromatic N) is 1. The van der Waals surface area contributed by atoms with Crippen molar-refractivity contribution < 1.29 is 14.3 Å². The van der Waals surface area contributed by atoms with Crippen LogP contribution in [-0.4, -0.2) is 35.4 Å². The lowest BCUT2D eigenvalue weighted by atomic mass is 10.1. The molecule has 0 bridgehead atoms. The minimum atomic E-state index is -0.641. The van der Waals surface area contributed by atoms with Crippen molar-refractivity contribution in [2.24, 2.45) is 0 Å². The third-order valence-corrected chi connectivity index (χ3v) is 5.44. The van der Waals surface area contributed by atoms with Gasteiger partial charge in [0.15, 0.2) is 6.61 Å². The standard InChI is InChI=1S/C23H28Cl2N2O3/c1-4-16(3)26-23(29)21(5-2)27(14-17-11-12-18(24)13-20(17)25)22(28)15-30-19-9-7-6-8-10-19/h6-13,16,21H,4-5,14-15H2,1-3H3,(H,26,29). The van der Waals surface area contributed by atoms with E-state index in [9.17, 15) is 9.59 Å². The van der Waals surface area contributed by atoms with Crippen molar-refractivity contribution in [2.45, 2.75) is 52.2 Å². The Balaban J connectivity index is 2.24. The van der Waals surface area contributed by atoms with Gasteiger partial charge in [-0.05, 0) is 49.6 Å². The van der Waals surface area contributed by atoms with Crippen molar-refractivity contribution in [3.05, 3.63) is 64.1 Å². The van der Waals surface area contributed by atoms with Crippen LogP contribution < -0.4 is 10.1 Å². The fourth-order valence-corrected chi connectivity index (χ4v) is 3.41. The number of ether oxygens (including phenoxy) is 1. The number of benzene rings is 2. The summed E-state index contributed by atoms with van der Waals surface area (Å²) in [7, 11) is 0. The van der Waals surface area contributed by atoms with Crippen LogP contribution in [0.15, 0.2) is 48.5 Å². The summed E-state index contributed by atoms with van der Waals surface area (Å²) in [6.45, 7) is 5.81. The van der Waals surface area contributed by atoms with Gasteiger partial charge in [-0.2, -0.15) is 0 Å². The van der Waals surface area contributed by atoms with E-state index in [1.165, 1.54) is 4.90 Å². The molecule has 0 aliphatic carbocycles. The molecule has 30 heavy (non-hydrogen) atoms. The molecular weight excluding hydrogens is 423 g/mol. The summed E-state index contributed by atoms with van der Waals surface area (Å²) >= 11 is 12.3. The molecule has 0 radical (unpaired) electrons. The average molecular weight is 451 g/mol. The normalized spacial score (nSPS) is 12.7. The second-order valence-electron chi connectivity index (χ2n) is 7.10. The number of halogens is 2. The summed E-state index contributed by atoms with van der Waals surface area (Å²) in [5, 5.41) is 3.93. The summed E-state index contributed by atoms with van der Waals surface area (Å²) in [5.74, 6) is 0.105. The van der Waals surface area contributed by atoms with Crippen molar-refractivity contribution in [1.82, 2.24) is 10.2 Å². The third-order valence-electron chi connectivity index (χ3n) is 4.85. The van der Waals surface area contributed by atoms with E-state index in [0.717, 1.165) is 6.42 Å². The largest absolute Gasteiger partial charge is 0.484 e. The Morgan fingerprint density at radius 3 is 2.37 bits per heavy atom. The molecule has 0 saturated heterocycles. The second-order valence-corrected chi connectivity index (χ2v) is 7.94. The molecular formula is C23H28Cl2N2O3. The van der Waals surface area contributed by atoms with Gasteiger partial charge in [0, 0.05) is 22.6 Å². The molecule has 5 nitrogen and oxygen atoms in total. The zero-order chi connectivity index (χ0) is 22.1. The highest BCUT2D eigenvalue weighted by atomic mass is 35.5. The van der Waals surface area contributed by atoms with E-state index < -0.39 is 6.04 Å². The summed E-state index contributed by atoms with van der Waals surface area (Å²) < 4.78 is 5.64. The lowest BCUT2D eigenvalue weighted by molar-refractivity contribution is -0.143. The predicted molar refractivity (Wildman–Crippen MR) is 121 cm³/mol. The number of rotatable bonds is 10. The molecule has 162 valence electrons. The minimum Gasteiger partial charge on any atom is -0.484 e. The first-order chi connectivity index (χ1) is 14.3. The molecule has 2 amide bonds. The SMILES string of the molecule is CCC(C)NC(=O)C(CC)N(Cc1ccc(Cl)cc1Cl)C(=O)COc1ccccc1. The highest BCUT2D eigenvalue weighted by molar-refractivity contribution is 6.35. The van der Waals surface area contributed by atoms with Crippen LogP contribution in [-0.2, 0) is 16.1 Å². The number of carbonyl (C=O) groups excluding carboxylic acids is 2. The zero-order valence-electron chi connectivity index (χ0n) is 17.5. The van der Waals surface area contributed by atoms with Crippen LogP contribution >= 0.6 is 23.2 Å². The molecule has 0 aromatic heterocycles. The first-order valence-electron chi connectivity index (χ1n) is 10.1. The van der Waals surface area contributed by atoms with Crippen LogP contribution in [0.5, 0.6) is 5.75 Å². The third kappa shape index (κ3) is 6.92. The Morgan fingerprint density at radius 1 is 1.07 bits per heavy atom. The maximum absolute atomic E-state index is 13.1. The Hall–Kier alpha value is -2.24. The van der Waals surface area contributed by atoms with Crippen LogP contribution in [0.1, 0.15) is 39.2 Å². The van der Waals surface area contributed by atoms with Gasteiger partial charge >= 0.3 is 0 Å². The van der Waals surface area contributed by atoms with Crippen LogP contribution in [0.3, 0.4) is 0 Å². The number of hydrogen-bond donors (Lipinski definition) is 1. The smallest absolute Gasteiger partial charge is 0.261 e. The van der Waals surface area contributed by atoms with Gasteiger partial charge < -0.3 is 15.0 Å². The van der Waals surface area contributed by atoms with Crippen molar-refractivity contribution in [2.75, 3.05) is 6.61 Å². The van der Waals surface area contributed by atoms with Gasteiger partial charge in [-0.3, -0.25) is 9.59 Å². The summed E-state index contributed by atoms with van der Waals surface area (Å²) in [6.07, 6.45) is 1.26. The van der Waals surface area contributed by atoms with Crippen LogP contribution in [0, 0.1) is 0 Å². The number of para-hydroxylation sites is 1. The molecule has 2 atom stereocenters. The molecule has 1 N–H and O–H groups in total. The minimum absolute atomic E-state index is 0.0168. The molecule has 0 spiro atoms. The molecule has 0 fully saturated rings. The van der Waals surface area contributed by atoms with Gasteiger partial charge in [-0.1, -0.05) is 61.3 Å². The van der Waals surface area contributed by atoms with E-state index >= 15 is 0 Å². The highest BCUT2D eigenvalue weighted by Gasteiger charge is 2.30. The molecule has 0 aliphatic rings. The van der Waals surface area contributed by atoms with E-state index in [2.05, 4.69) is 5.32 Å². The molecule has 2 aromatic carbocycles. The Bertz CT molecular complexity index is 846. The predicted octanol–water partition coefficient (Wildman–Crippen LogP) is 5.09. The summed E-state index contributed by atoms with van der Waals surface area (Å²) in [5.41, 5.74) is 0.712. The van der Waals surface area contributed by atoms with Crippen molar-refractivity contribution in [1.29, 1.82) is 0 Å². The Morgan fingerprint density at radius 2 is 1.77 bits per heavy atom. The quantitative estimate of drug-likeness (QED) is 0.547. The summed E-state index contributed by atoms with van der Waals surface area (Å²) in [6, 6.07) is 13.6. The van der Waals surface area contributed by atoms with Gasteiger partial charge in [0.25, 0.3) is 5.91 Å². The van der Waals surface area contributed by atoms with Crippen molar-refractivity contribution in [3.8, 4) is 5.75 Å². The van der Waals surface area contributed by atoms with Crippen LogP contribution in [0.4, 0.5) is 0 Å². The molecule has 0 aliphatic heterocycles. The van der Waals surface area contributed by atoms with Gasteiger partial charge in [-0.25, -0.2) is 0 Å². The van der Waals surface area contributed by atoms with Crippen LogP contribution in [0.2, 0.25) is 10.0 Å². The molecule has 7 heteroatoms. The Labute approximate surface area is 188 Å². The second kappa shape index (κ2) is 11.8. The van der Waals surface area contributed by atoms with E-state index in [4.69, 9.17) is 27.9 Å². The molecule has 2 unspecified atom stereocenters. The van der Waals surface area contributed by atoms with Gasteiger partial charge in [0.2, 0.25) is 5.91 Å². The highest BCUT2D eigenvalue weighted by Crippen LogP contribution is 2.24. The van der Waals surface area contributed by atoms with E-state index in [1.54, 1.807) is 30.3 Å².